The van der Waals surface area contributed by atoms with E-state index >= 15 is 0 Å². The van der Waals surface area contributed by atoms with Gasteiger partial charge in [0.15, 0.2) is 6.20 Å². The van der Waals surface area contributed by atoms with E-state index in [1.165, 1.54) is 27.9 Å². The van der Waals surface area contributed by atoms with E-state index in [4.69, 9.17) is 1.37 Å². The SMILES string of the molecule is [2H]C1(c2cccc(-c3cc[n+](C)c(-c4ccccc4C)c3)c2)CCC(C)(C)CC1. The number of aryl methyl sites for hydroxylation is 2. The molecule has 0 amide bonds. The van der Waals surface area contributed by atoms with Gasteiger partial charge in [-0.15, -0.1) is 0 Å². The van der Waals surface area contributed by atoms with Crippen molar-refractivity contribution in [1.82, 2.24) is 0 Å². The number of hydrogen-bond donors (Lipinski definition) is 0. The third kappa shape index (κ3) is 3.90. The first-order chi connectivity index (χ1) is 13.8. The summed E-state index contributed by atoms with van der Waals surface area (Å²) in [5.41, 5.74) is 7.71. The molecule has 1 heteroatoms. The maximum Gasteiger partial charge on any atom is 0.213 e. The zero-order valence-corrected chi connectivity index (χ0v) is 17.6. The van der Waals surface area contributed by atoms with E-state index in [0.29, 0.717) is 5.41 Å². The first kappa shape index (κ1) is 17.7. The van der Waals surface area contributed by atoms with Gasteiger partial charge in [0.1, 0.15) is 7.05 Å². The molecule has 0 spiro atoms. The maximum absolute atomic E-state index is 9.13. The molecule has 1 aliphatic carbocycles. The lowest BCUT2D eigenvalue weighted by Gasteiger charge is -2.34. The molecule has 1 saturated carbocycles. The number of rotatable bonds is 3. The second-order valence-corrected chi connectivity index (χ2v) is 9.08. The van der Waals surface area contributed by atoms with Crippen molar-refractivity contribution in [1.29, 1.82) is 0 Å². The molecule has 0 aliphatic heterocycles. The van der Waals surface area contributed by atoms with Gasteiger partial charge in [-0.05, 0) is 72.2 Å². The van der Waals surface area contributed by atoms with Crippen LogP contribution in [0.5, 0.6) is 0 Å². The van der Waals surface area contributed by atoms with Crippen LogP contribution in [0, 0.1) is 12.3 Å². The molecule has 0 atom stereocenters. The Bertz CT molecular complexity index is 1020. The summed E-state index contributed by atoms with van der Waals surface area (Å²) in [6.07, 6.45) is 6.28. The normalized spacial score (nSPS) is 18.5. The van der Waals surface area contributed by atoms with Crippen molar-refractivity contribution in [3.63, 3.8) is 0 Å². The van der Waals surface area contributed by atoms with Gasteiger partial charge in [0.2, 0.25) is 5.69 Å². The molecule has 1 aliphatic rings. The summed E-state index contributed by atoms with van der Waals surface area (Å²) in [6.45, 7) is 6.83. The van der Waals surface area contributed by atoms with Crippen LogP contribution >= 0.6 is 0 Å². The van der Waals surface area contributed by atoms with Crippen LogP contribution in [0.4, 0.5) is 0 Å². The Kier molecular flexibility index (Phi) is 4.76. The van der Waals surface area contributed by atoms with E-state index in [9.17, 15) is 0 Å². The van der Waals surface area contributed by atoms with E-state index in [2.05, 4.69) is 99.2 Å². The Balaban J connectivity index is 1.71. The summed E-state index contributed by atoms with van der Waals surface area (Å²) in [6, 6.07) is 21.7. The Labute approximate surface area is 171 Å². The Morgan fingerprint density at radius 1 is 0.929 bits per heavy atom. The lowest BCUT2D eigenvalue weighted by atomic mass is 9.71. The molecule has 0 bridgehead atoms. The van der Waals surface area contributed by atoms with Crippen molar-refractivity contribution in [2.24, 2.45) is 12.5 Å². The highest BCUT2D eigenvalue weighted by Gasteiger charge is 2.27. The van der Waals surface area contributed by atoms with Gasteiger partial charge in [-0.2, -0.15) is 0 Å². The van der Waals surface area contributed by atoms with Gasteiger partial charge < -0.3 is 0 Å². The summed E-state index contributed by atoms with van der Waals surface area (Å²) in [7, 11) is 2.10. The summed E-state index contributed by atoms with van der Waals surface area (Å²) in [4.78, 5) is 0. The van der Waals surface area contributed by atoms with E-state index in [0.717, 1.165) is 31.2 Å². The zero-order valence-electron chi connectivity index (χ0n) is 18.6. The highest BCUT2D eigenvalue weighted by Crippen LogP contribution is 2.43. The predicted octanol–water partition coefficient (Wildman–Crippen LogP) is 6.84. The lowest BCUT2D eigenvalue weighted by Crippen LogP contribution is -2.30. The van der Waals surface area contributed by atoms with Crippen molar-refractivity contribution in [2.75, 3.05) is 0 Å². The quantitative estimate of drug-likeness (QED) is 0.444. The fourth-order valence-corrected chi connectivity index (χ4v) is 4.31. The molecule has 0 unspecified atom stereocenters. The van der Waals surface area contributed by atoms with Crippen LogP contribution in [0.2, 0.25) is 0 Å². The third-order valence-corrected chi connectivity index (χ3v) is 6.38. The first-order valence-electron chi connectivity index (χ1n) is 10.9. The van der Waals surface area contributed by atoms with Crippen molar-refractivity contribution in [3.05, 3.63) is 78.0 Å². The second-order valence-electron chi connectivity index (χ2n) is 9.08. The Morgan fingerprint density at radius 2 is 1.64 bits per heavy atom. The van der Waals surface area contributed by atoms with E-state index < -0.39 is 5.89 Å². The van der Waals surface area contributed by atoms with Crippen LogP contribution in [0.1, 0.15) is 57.9 Å². The molecule has 0 radical (unpaired) electrons. The molecular formula is C27H32N+. The molecule has 1 aromatic heterocycles. The summed E-state index contributed by atoms with van der Waals surface area (Å²) < 4.78 is 11.3. The number of aromatic nitrogens is 1. The van der Waals surface area contributed by atoms with Gasteiger partial charge in [0.25, 0.3) is 0 Å². The molecule has 1 fully saturated rings. The van der Waals surface area contributed by atoms with Crippen LogP contribution in [0.25, 0.3) is 22.4 Å². The molecule has 0 saturated heterocycles. The molecule has 28 heavy (non-hydrogen) atoms. The van der Waals surface area contributed by atoms with Crippen LogP contribution in [0.15, 0.2) is 66.9 Å². The van der Waals surface area contributed by atoms with Gasteiger partial charge in [-0.1, -0.05) is 56.3 Å². The minimum atomic E-state index is -0.455. The van der Waals surface area contributed by atoms with Crippen molar-refractivity contribution in [3.8, 4) is 22.4 Å². The molecule has 3 aromatic rings. The second kappa shape index (κ2) is 7.54. The van der Waals surface area contributed by atoms with Crippen molar-refractivity contribution < 1.29 is 5.94 Å². The molecular weight excluding hydrogens is 338 g/mol. The van der Waals surface area contributed by atoms with Gasteiger partial charge in [0.05, 0.1) is 0 Å². The van der Waals surface area contributed by atoms with Gasteiger partial charge in [-0.25, -0.2) is 4.57 Å². The summed E-state index contributed by atoms with van der Waals surface area (Å²) in [5, 5.41) is 0. The minimum Gasteiger partial charge on any atom is -0.201 e. The average molecular weight is 372 g/mol. The molecule has 144 valence electrons. The largest absolute Gasteiger partial charge is 0.213 e. The predicted molar refractivity (Wildman–Crippen MR) is 118 cm³/mol. The van der Waals surface area contributed by atoms with Gasteiger partial charge in [-0.3, -0.25) is 0 Å². The monoisotopic (exact) mass is 371 g/mol. The van der Waals surface area contributed by atoms with Crippen molar-refractivity contribution in [2.45, 2.75) is 52.3 Å². The van der Waals surface area contributed by atoms with E-state index in [-0.39, 0.29) is 0 Å². The van der Waals surface area contributed by atoms with Crippen LogP contribution in [0.3, 0.4) is 0 Å². The Morgan fingerprint density at radius 3 is 2.39 bits per heavy atom. The lowest BCUT2D eigenvalue weighted by molar-refractivity contribution is -0.660. The highest BCUT2D eigenvalue weighted by atomic mass is 14.9. The van der Waals surface area contributed by atoms with Gasteiger partial charge >= 0.3 is 0 Å². The molecule has 4 rings (SSSR count). The standard InChI is InChI=1S/C27H32N/c1-20-8-5-6-11-25(20)26-19-24(14-17-28(26)4)23-10-7-9-22(18-23)21-12-15-27(2,3)16-13-21/h5-11,14,17-19,21H,12-13,15-16H2,1-4H3/q+1/i21D. The van der Waals surface area contributed by atoms with Crippen LogP contribution in [-0.4, -0.2) is 0 Å². The zero-order chi connectivity index (χ0) is 20.6. The Hall–Kier alpha value is -2.41. The minimum absolute atomic E-state index is 0.374. The molecule has 1 nitrogen and oxygen atoms in total. The number of benzene rings is 2. The first-order valence-corrected chi connectivity index (χ1v) is 10.4. The van der Waals surface area contributed by atoms with Gasteiger partial charge in [0, 0.05) is 19.1 Å². The molecule has 2 aromatic carbocycles. The van der Waals surface area contributed by atoms with Crippen LogP contribution in [-0.2, 0) is 7.05 Å². The van der Waals surface area contributed by atoms with Crippen LogP contribution < -0.4 is 4.57 Å². The van der Waals surface area contributed by atoms with E-state index in [1.54, 1.807) is 0 Å². The highest BCUT2D eigenvalue weighted by molar-refractivity contribution is 5.70. The van der Waals surface area contributed by atoms with Crippen molar-refractivity contribution >= 4 is 0 Å². The third-order valence-electron chi connectivity index (χ3n) is 6.38. The topological polar surface area (TPSA) is 3.88 Å². The number of pyridine rings is 1. The maximum atomic E-state index is 9.13. The fraction of sp³-hybridized carbons (Fsp3) is 0.370. The summed E-state index contributed by atoms with van der Waals surface area (Å²) >= 11 is 0. The molecule has 1 heterocycles. The number of hydrogen-bond acceptors (Lipinski definition) is 0. The fourth-order valence-electron chi connectivity index (χ4n) is 4.31. The average Bonchev–Trinajstić information content (AvgIpc) is 2.72. The van der Waals surface area contributed by atoms with E-state index in [1.807, 2.05) is 0 Å². The summed E-state index contributed by atoms with van der Waals surface area (Å²) in [5.74, 6) is -0.455. The smallest absolute Gasteiger partial charge is 0.201 e. The number of nitrogens with zero attached hydrogens (tertiary/aromatic N) is 1. The molecule has 0 N–H and O–H groups in total.